The smallest absolute Gasteiger partial charge is 0.248 e. The van der Waals surface area contributed by atoms with Crippen molar-refractivity contribution < 1.29 is 8.78 Å². The third kappa shape index (κ3) is 3.25. The summed E-state index contributed by atoms with van der Waals surface area (Å²) in [4.78, 5) is 4.23. The molecule has 1 aliphatic carbocycles. The second-order valence-electron chi connectivity index (χ2n) is 5.14. The van der Waals surface area contributed by atoms with E-state index in [1.165, 1.54) is 0 Å². The molecular formula is C12H19F2N3. The quantitative estimate of drug-likeness (QED) is 0.881. The number of nitrogens with zero attached hydrogens (tertiary/aromatic N) is 2. The molecule has 0 bridgehead atoms. The summed E-state index contributed by atoms with van der Waals surface area (Å²) in [6.07, 6.45) is 4.88. The number of rotatable bonds is 4. The topological polar surface area (TPSA) is 43.8 Å². The molecule has 0 spiro atoms. The average Bonchev–Trinajstić information content (AvgIpc) is 2.74. The molecule has 1 fully saturated rings. The molecule has 0 radical (unpaired) electrons. The van der Waals surface area contributed by atoms with Crippen LogP contribution < -0.4 is 5.73 Å². The van der Waals surface area contributed by atoms with Crippen molar-refractivity contribution in [2.45, 2.75) is 51.1 Å². The molecule has 2 N–H and O–H groups in total. The van der Waals surface area contributed by atoms with Crippen molar-refractivity contribution in [3.63, 3.8) is 0 Å². The maximum absolute atomic E-state index is 13.1. The van der Waals surface area contributed by atoms with Gasteiger partial charge >= 0.3 is 0 Å². The molecule has 5 heteroatoms. The van der Waals surface area contributed by atoms with Gasteiger partial charge in [-0.25, -0.2) is 13.8 Å². The van der Waals surface area contributed by atoms with E-state index in [0.717, 1.165) is 5.82 Å². The van der Waals surface area contributed by atoms with Crippen LogP contribution in [0, 0.1) is 5.92 Å². The van der Waals surface area contributed by atoms with Gasteiger partial charge in [0, 0.05) is 44.2 Å². The van der Waals surface area contributed by atoms with E-state index >= 15 is 0 Å². The number of nitrogens with two attached hydrogens (primary N) is 1. The Labute approximate surface area is 100 Å². The van der Waals surface area contributed by atoms with Crippen molar-refractivity contribution in [3.8, 4) is 0 Å². The molecule has 3 nitrogen and oxygen atoms in total. The molecule has 2 unspecified atom stereocenters. The number of hydrogen-bond donors (Lipinski definition) is 1. The zero-order chi connectivity index (χ0) is 12.5. The van der Waals surface area contributed by atoms with E-state index in [9.17, 15) is 8.78 Å². The lowest BCUT2D eigenvalue weighted by atomic mass is 10.1. The number of aromatic nitrogens is 2. The minimum atomic E-state index is -2.47. The summed E-state index contributed by atoms with van der Waals surface area (Å²) < 4.78 is 28.1. The Kier molecular flexibility index (Phi) is 3.47. The van der Waals surface area contributed by atoms with E-state index in [4.69, 9.17) is 5.73 Å². The Morgan fingerprint density at radius 1 is 1.65 bits per heavy atom. The van der Waals surface area contributed by atoms with Gasteiger partial charge < -0.3 is 10.3 Å². The molecule has 0 amide bonds. The highest BCUT2D eigenvalue weighted by atomic mass is 19.3. The fourth-order valence-electron chi connectivity index (χ4n) is 2.46. The van der Waals surface area contributed by atoms with Gasteiger partial charge in [0.25, 0.3) is 0 Å². The number of halogens is 2. The van der Waals surface area contributed by atoms with Crippen LogP contribution in [-0.4, -0.2) is 21.5 Å². The lowest BCUT2D eigenvalue weighted by Gasteiger charge is -2.14. The van der Waals surface area contributed by atoms with Gasteiger partial charge in [0.05, 0.1) is 0 Å². The highest BCUT2D eigenvalue weighted by Gasteiger charge is 2.39. The monoisotopic (exact) mass is 243 g/mol. The summed E-state index contributed by atoms with van der Waals surface area (Å²) in [5.74, 6) is -1.51. The summed E-state index contributed by atoms with van der Waals surface area (Å²) >= 11 is 0. The van der Waals surface area contributed by atoms with Crippen molar-refractivity contribution in [2.75, 3.05) is 0 Å². The van der Waals surface area contributed by atoms with Crippen molar-refractivity contribution in [2.24, 2.45) is 11.7 Å². The average molecular weight is 243 g/mol. The first-order valence-corrected chi connectivity index (χ1v) is 6.10. The molecule has 2 atom stereocenters. The highest BCUT2D eigenvalue weighted by molar-refractivity contribution is 4.96. The summed E-state index contributed by atoms with van der Waals surface area (Å²) in [5, 5.41) is 0. The molecule has 1 aliphatic rings. The molecule has 1 aromatic heterocycles. The van der Waals surface area contributed by atoms with Gasteiger partial charge in [-0.05, 0) is 19.3 Å². The second kappa shape index (κ2) is 4.72. The zero-order valence-corrected chi connectivity index (χ0v) is 10.1. The van der Waals surface area contributed by atoms with E-state index in [-0.39, 0.29) is 24.8 Å². The molecule has 96 valence electrons. The van der Waals surface area contributed by atoms with Crippen LogP contribution >= 0.6 is 0 Å². The van der Waals surface area contributed by atoms with Gasteiger partial charge in [-0.3, -0.25) is 0 Å². The first kappa shape index (κ1) is 12.5. The van der Waals surface area contributed by atoms with Crippen LogP contribution in [0.1, 0.15) is 32.0 Å². The van der Waals surface area contributed by atoms with E-state index < -0.39 is 5.92 Å². The minimum absolute atomic E-state index is 0.00278. The van der Waals surface area contributed by atoms with Gasteiger partial charge in [-0.15, -0.1) is 0 Å². The summed E-state index contributed by atoms with van der Waals surface area (Å²) in [6, 6.07) is 0.0427. The van der Waals surface area contributed by atoms with Gasteiger partial charge in [0.2, 0.25) is 5.92 Å². The Morgan fingerprint density at radius 3 is 3.00 bits per heavy atom. The Balaban J connectivity index is 1.97. The molecule has 0 aliphatic heterocycles. The molecule has 17 heavy (non-hydrogen) atoms. The van der Waals surface area contributed by atoms with Crippen LogP contribution in [0.15, 0.2) is 12.4 Å². The Bertz CT molecular complexity index is 374. The van der Waals surface area contributed by atoms with Crippen LogP contribution in [0.5, 0.6) is 0 Å². The fraction of sp³-hybridized carbons (Fsp3) is 0.750. The molecular weight excluding hydrogens is 224 g/mol. The molecule has 2 rings (SSSR count). The molecule has 1 heterocycles. The van der Waals surface area contributed by atoms with E-state index in [2.05, 4.69) is 4.98 Å². The minimum Gasteiger partial charge on any atom is -0.335 e. The highest BCUT2D eigenvalue weighted by Crippen LogP contribution is 2.39. The van der Waals surface area contributed by atoms with E-state index in [0.29, 0.717) is 19.4 Å². The normalized spacial score (nSPS) is 25.1. The summed E-state index contributed by atoms with van der Waals surface area (Å²) in [6.45, 7) is 2.56. The van der Waals surface area contributed by atoms with Crippen molar-refractivity contribution >= 4 is 0 Å². The van der Waals surface area contributed by atoms with Crippen molar-refractivity contribution in [1.82, 2.24) is 9.55 Å². The van der Waals surface area contributed by atoms with Crippen molar-refractivity contribution in [3.05, 3.63) is 18.2 Å². The SMILES string of the molecule is CC(N)Cc1nccn1CC1CCC(F)(F)C1. The number of imidazole rings is 1. The standard InChI is InChI=1S/C12H19F2N3/c1-9(15)6-11-16-4-5-17(11)8-10-2-3-12(13,14)7-10/h4-5,9-10H,2-3,6-8,15H2,1H3. The fourth-order valence-corrected chi connectivity index (χ4v) is 2.46. The largest absolute Gasteiger partial charge is 0.335 e. The predicted octanol–water partition coefficient (Wildman–Crippen LogP) is 2.21. The van der Waals surface area contributed by atoms with Crippen LogP contribution in [0.2, 0.25) is 0 Å². The van der Waals surface area contributed by atoms with Crippen LogP contribution in [0.4, 0.5) is 8.78 Å². The van der Waals surface area contributed by atoms with E-state index in [1.807, 2.05) is 17.7 Å². The second-order valence-corrected chi connectivity index (χ2v) is 5.14. The summed E-state index contributed by atoms with van der Waals surface area (Å²) in [5.41, 5.74) is 5.73. The first-order valence-electron chi connectivity index (χ1n) is 6.10. The zero-order valence-electron chi connectivity index (χ0n) is 10.1. The third-order valence-corrected chi connectivity index (χ3v) is 3.27. The molecule has 0 aromatic carbocycles. The van der Waals surface area contributed by atoms with Gasteiger partial charge in [-0.2, -0.15) is 0 Å². The van der Waals surface area contributed by atoms with Gasteiger partial charge in [-0.1, -0.05) is 0 Å². The Hall–Kier alpha value is -0.970. The number of alkyl halides is 2. The van der Waals surface area contributed by atoms with Crippen molar-refractivity contribution in [1.29, 1.82) is 0 Å². The predicted molar refractivity (Wildman–Crippen MR) is 61.9 cm³/mol. The lowest BCUT2D eigenvalue weighted by molar-refractivity contribution is 0.00432. The maximum Gasteiger partial charge on any atom is 0.248 e. The maximum atomic E-state index is 13.1. The van der Waals surface area contributed by atoms with Crippen LogP contribution in [0.25, 0.3) is 0 Å². The van der Waals surface area contributed by atoms with Gasteiger partial charge in [0.1, 0.15) is 5.82 Å². The lowest BCUT2D eigenvalue weighted by Crippen LogP contribution is -2.22. The van der Waals surface area contributed by atoms with Gasteiger partial charge in [0.15, 0.2) is 0 Å². The molecule has 1 aromatic rings. The molecule has 1 saturated carbocycles. The first-order chi connectivity index (χ1) is 7.96. The third-order valence-electron chi connectivity index (χ3n) is 3.27. The van der Waals surface area contributed by atoms with Crippen LogP contribution in [0.3, 0.4) is 0 Å². The Morgan fingerprint density at radius 2 is 2.41 bits per heavy atom. The van der Waals surface area contributed by atoms with E-state index in [1.54, 1.807) is 6.20 Å². The summed E-state index contributed by atoms with van der Waals surface area (Å²) in [7, 11) is 0. The number of hydrogen-bond acceptors (Lipinski definition) is 2. The van der Waals surface area contributed by atoms with Crippen LogP contribution in [-0.2, 0) is 13.0 Å². The molecule has 0 saturated heterocycles.